The molecule has 8 nitrogen and oxygen atoms in total. The van der Waals surface area contributed by atoms with Crippen molar-refractivity contribution in [3.05, 3.63) is 42.2 Å². The van der Waals surface area contributed by atoms with Crippen molar-refractivity contribution in [3.63, 3.8) is 0 Å². The number of carbonyl (C=O) groups is 1. The fourth-order valence-electron chi connectivity index (χ4n) is 2.50. The molecule has 2 N–H and O–H groups in total. The summed E-state index contributed by atoms with van der Waals surface area (Å²) < 4.78 is 29.8. The van der Waals surface area contributed by atoms with Gasteiger partial charge in [0.05, 0.1) is 30.0 Å². The average molecular weight is 345 g/mol. The molecule has 1 aromatic carbocycles. The molecule has 1 amide bonds. The van der Waals surface area contributed by atoms with Crippen LogP contribution < -0.4 is 10.6 Å². The van der Waals surface area contributed by atoms with Crippen LogP contribution in [0.5, 0.6) is 0 Å². The Labute approximate surface area is 138 Å². The van der Waals surface area contributed by atoms with E-state index in [1.165, 1.54) is 12.3 Å². The highest BCUT2D eigenvalue weighted by Gasteiger charge is 2.26. The molecule has 4 rings (SSSR count). The van der Waals surface area contributed by atoms with Crippen molar-refractivity contribution in [1.29, 1.82) is 0 Å². The first-order valence-electron chi connectivity index (χ1n) is 7.55. The van der Waals surface area contributed by atoms with Crippen LogP contribution in [0.2, 0.25) is 0 Å². The minimum Gasteiger partial charge on any atom is -0.345 e. The number of fused-ring (bicyclic) bond motifs is 1. The van der Waals surface area contributed by atoms with E-state index in [2.05, 4.69) is 20.1 Å². The standard InChI is InChI=1S/C15H15N5O3S/c21-15(10-7-17-20(9-10)11-5-6-11)16-8-14-18-12-3-1-2-4-13(12)24(22,23)19-14/h1-4,7,9,11H,5-6,8H2,(H,16,21)(H,18,19). The van der Waals surface area contributed by atoms with E-state index in [-0.39, 0.29) is 23.2 Å². The molecule has 0 spiro atoms. The van der Waals surface area contributed by atoms with Gasteiger partial charge >= 0.3 is 0 Å². The number of hydrogen-bond donors (Lipinski definition) is 2. The van der Waals surface area contributed by atoms with E-state index < -0.39 is 10.0 Å². The Morgan fingerprint density at radius 3 is 2.92 bits per heavy atom. The van der Waals surface area contributed by atoms with E-state index in [1.54, 1.807) is 29.1 Å². The number of amidine groups is 1. The summed E-state index contributed by atoms with van der Waals surface area (Å²) in [7, 11) is -3.74. The third-order valence-corrected chi connectivity index (χ3v) is 5.25. The number of rotatable bonds is 4. The Hall–Kier alpha value is -2.68. The molecular weight excluding hydrogens is 330 g/mol. The predicted octanol–water partition coefficient (Wildman–Crippen LogP) is 1.16. The number of para-hydroxylation sites is 1. The van der Waals surface area contributed by atoms with Gasteiger partial charge < -0.3 is 10.6 Å². The molecule has 2 heterocycles. The van der Waals surface area contributed by atoms with Gasteiger partial charge in [-0.05, 0) is 25.0 Å². The second kappa shape index (κ2) is 5.45. The molecule has 124 valence electrons. The summed E-state index contributed by atoms with van der Waals surface area (Å²) in [5.41, 5.74) is 0.903. The molecule has 1 saturated carbocycles. The number of nitrogens with zero attached hydrogens (tertiary/aromatic N) is 3. The topological polar surface area (TPSA) is 105 Å². The first-order valence-corrected chi connectivity index (χ1v) is 8.99. The first kappa shape index (κ1) is 14.9. The fraction of sp³-hybridized carbons (Fsp3) is 0.267. The van der Waals surface area contributed by atoms with Gasteiger partial charge in [0.15, 0.2) is 0 Å². The van der Waals surface area contributed by atoms with Crippen LogP contribution in [0.25, 0.3) is 0 Å². The summed E-state index contributed by atoms with van der Waals surface area (Å²) in [5.74, 6) is -0.140. The average Bonchev–Trinajstić information content (AvgIpc) is 3.29. The maximum atomic E-state index is 12.2. The Morgan fingerprint density at radius 2 is 2.12 bits per heavy atom. The van der Waals surface area contributed by atoms with Gasteiger partial charge in [-0.2, -0.15) is 13.5 Å². The smallest absolute Gasteiger partial charge is 0.286 e. The van der Waals surface area contributed by atoms with E-state index in [0.717, 1.165) is 12.8 Å². The Balaban J connectivity index is 1.46. The van der Waals surface area contributed by atoms with Crippen molar-refractivity contribution >= 4 is 27.5 Å². The van der Waals surface area contributed by atoms with Gasteiger partial charge in [0.1, 0.15) is 10.7 Å². The van der Waals surface area contributed by atoms with E-state index in [0.29, 0.717) is 17.3 Å². The number of benzene rings is 1. The van der Waals surface area contributed by atoms with Gasteiger partial charge in [-0.25, -0.2) is 0 Å². The highest BCUT2D eigenvalue weighted by Crippen LogP contribution is 2.34. The largest absolute Gasteiger partial charge is 0.345 e. The monoisotopic (exact) mass is 345 g/mol. The zero-order valence-electron chi connectivity index (χ0n) is 12.6. The third-order valence-electron chi connectivity index (χ3n) is 3.88. The normalized spacial score (nSPS) is 18.2. The lowest BCUT2D eigenvalue weighted by Crippen LogP contribution is -2.35. The summed E-state index contributed by atoms with van der Waals surface area (Å²) in [6, 6.07) is 6.91. The molecule has 1 aliphatic heterocycles. The maximum absolute atomic E-state index is 12.2. The second-order valence-electron chi connectivity index (χ2n) is 5.76. The molecule has 0 radical (unpaired) electrons. The van der Waals surface area contributed by atoms with Crippen LogP contribution in [0.3, 0.4) is 0 Å². The second-order valence-corrected chi connectivity index (χ2v) is 7.33. The highest BCUT2D eigenvalue weighted by molar-refractivity contribution is 7.90. The highest BCUT2D eigenvalue weighted by atomic mass is 32.2. The summed E-state index contributed by atoms with van der Waals surface area (Å²) in [6.45, 7) is -0.0129. The quantitative estimate of drug-likeness (QED) is 0.865. The molecule has 1 aromatic heterocycles. The van der Waals surface area contributed by atoms with Crippen molar-refractivity contribution in [2.75, 3.05) is 11.9 Å². The molecule has 24 heavy (non-hydrogen) atoms. The van der Waals surface area contributed by atoms with Crippen molar-refractivity contribution in [1.82, 2.24) is 15.1 Å². The number of amides is 1. The van der Waals surface area contributed by atoms with Gasteiger partial charge in [-0.1, -0.05) is 12.1 Å². The lowest BCUT2D eigenvalue weighted by molar-refractivity contribution is 0.0959. The minimum atomic E-state index is -3.74. The lowest BCUT2D eigenvalue weighted by Gasteiger charge is -2.18. The van der Waals surface area contributed by atoms with Crippen LogP contribution in [0.15, 0.2) is 46.0 Å². The lowest BCUT2D eigenvalue weighted by atomic mass is 10.3. The first-order chi connectivity index (χ1) is 11.5. The molecular formula is C15H15N5O3S. The van der Waals surface area contributed by atoms with Crippen LogP contribution in [-0.4, -0.2) is 36.5 Å². The van der Waals surface area contributed by atoms with Crippen LogP contribution in [0.4, 0.5) is 5.69 Å². The molecule has 0 atom stereocenters. The third kappa shape index (κ3) is 2.78. The molecule has 2 aromatic rings. The van der Waals surface area contributed by atoms with E-state index in [9.17, 15) is 13.2 Å². The fourth-order valence-corrected chi connectivity index (χ4v) is 3.65. The Bertz CT molecular complexity index is 944. The maximum Gasteiger partial charge on any atom is 0.286 e. The number of hydrogen-bond acceptors (Lipinski definition) is 5. The van der Waals surface area contributed by atoms with Crippen LogP contribution >= 0.6 is 0 Å². The van der Waals surface area contributed by atoms with Crippen molar-refractivity contribution in [2.45, 2.75) is 23.8 Å². The Kier molecular flexibility index (Phi) is 3.38. The predicted molar refractivity (Wildman–Crippen MR) is 87.5 cm³/mol. The van der Waals surface area contributed by atoms with Crippen LogP contribution in [0, 0.1) is 0 Å². The molecule has 0 unspecified atom stereocenters. The molecule has 9 heteroatoms. The number of nitrogens with one attached hydrogen (secondary N) is 2. The number of anilines is 1. The molecule has 1 aliphatic carbocycles. The number of aromatic nitrogens is 2. The van der Waals surface area contributed by atoms with Crippen molar-refractivity contribution < 1.29 is 13.2 Å². The van der Waals surface area contributed by atoms with E-state index >= 15 is 0 Å². The minimum absolute atomic E-state index is 0.0129. The SMILES string of the molecule is O=C(NCC1=NS(=O)(=O)c2ccccc2N1)c1cnn(C2CC2)c1. The Morgan fingerprint density at radius 1 is 1.33 bits per heavy atom. The van der Waals surface area contributed by atoms with Gasteiger partial charge in [-0.15, -0.1) is 4.40 Å². The summed E-state index contributed by atoms with van der Waals surface area (Å²) >= 11 is 0. The number of carbonyl (C=O) groups excluding carboxylic acids is 1. The van der Waals surface area contributed by atoms with Gasteiger partial charge in [-0.3, -0.25) is 9.48 Å². The van der Waals surface area contributed by atoms with Gasteiger partial charge in [0, 0.05) is 6.20 Å². The zero-order valence-corrected chi connectivity index (χ0v) is 13.5. The van der Waals surface area contributed by atoms with Gasteiger partial charge in [0.2, 0.25) is 0 Å². The van der Waals surface area contributed by atoms with Crippen LogP contribution in [-0.2, 0) is 10.0 Å². The summed E-state index contributed by atoms with van der Waals surface area (Å²) in [6.07, 6.45) is 5.38. The molecule has 2 aliphatic rings. The molecule has 0 saturated heterocycles. The number of sulfonamides is 1. The van der Waals surface area contributed by atoms with E-state index in [4.69, 9.17) is 0 Å². The molecule has 1 fully saturated rings. The summed E-state index contributed by atoms with van der Waals surface area (Å²) in [4.78, 5) is 12.3. The summed E-state index contributed by atoms with van der Waals surface area (Å²) in [5, 5.41) is 9.75. The van der Waals surface area contributed by atoms with Crippen molar-refractivity contribution in [3.8, 4) is 0 Å². The van der Waals surface area contributed by atoms with E-state index in [1.807, 2.05) is 0 Å². The molecule has 0 bridgehead atoms. The van der Waals surface area contributed by atoms with Crippen molar-refractivity contribution in [2.24, 2.45) is 4.40 Å². The zero-order chi connectivity index (χ0) is 16.7. The van der Waals surface area contributed by atoms with Crippen LogP contribution in [0.1, 0.15) is 29.2 Å². The van der Waals surface area contributed by atoms with Gasteiger partial charge in [0.25, 0.3) is 15.9 Å².